The highest BCUT2D eigenvalue weighted by molar-refractivity contribution is 7.89. The molecule has 0 saturated heterocycles. The van der Waals surface area contributed by atoms with Crippen LogP contribution in [0.3, 0.4) is 0 Å². The minimum Gasteiger partial charge on any atom is -0.482 e. The number of nitrogens with one attached hydrogen (secondary N) is 1. The molecule has 8 nitrogen and oxygen atoms in total. The predicted octanol–water partition coefficient (Wildman–Crippen LogP) is 1.01. The fourth-order valence-electron chi connectivity index (χ4n) is 2.56. The van der Waals surface area contributed by atoms with Crippen LogP contribution in [0.15, 0.2) is 47.4 Å². The summed E-state index contributed by atoms with van der Waals surface area (Å²) in [6.07, 6.45) is 0. The normalized spacial score (nSPS) is 13.8. The highest BCUT2D eigenvalue weighted by Gasteiger charge is 2.27. The predicted molar refractivity (Wildman–Crippen MR) is 95.5 cm³/mol. The lowest BCUT2D eigenvalue weighted by Crippen LogP contribution is -2.43. The maximum atomic E-state index is 12.3. The van der Waals surface area contributed by atoms with Crippen molar-refractivity contribution < 1.29 is 22.7 Å². The van der Waals surface area contributed by atoms with E-state index in [1.165, 1.54) is 29.2 Å². The smallest absolute Gasteiger partial charge is 0.265 e. The zero-order valence-corrected chi connectivity index (χ0v) is 14.7. The first kappa shape index (κ1) is 17.9. The Kier molecular flexibility index (Phi) is 4.66. The van der Waals surface area contributed by atoms with Crippen molar-refractivity contribution in [1.82, 2.24) is 0 Å². The molecule has 0 saturated carbocycles. The van der Waals surface area contributed by atoms with Gasteiger partial charge in [-0.25, -0.2) is 13.6 Å². The Bertz CT molecular complexity index is 970. The lowest BCUT2D eigenvalue weighted by Gasteiger charge is -2.29. The lowest BCUT2D eigenvalue weighted by molar-refractivity contribution is -0.123. The van der Waals surface area contributed by atoms with E-state index >= 15 is 0 Å². The summed E-state index contributed by atoms with van der Waals surface area (Å²) < 4.78 is 27.9. The van der Waals surface area contributed by atoms with Crippen LogP contribution in [-0.4, -0.2) is 33.4 Å². The van der Waals surface area contributed by atoms with E-state index in [-0.39, 0.29) is 24.0 Å². The minimum atomic E-state index is -3.80. The molecule has 0 atom stereocenters. The van der Waals surface area contributed by atoms with Crippen molar-refractivity contribution >= 4 is 33.2 Å². The van der Waals surface area contributed by atoms with E-state index in [1.807, 2.05) is 13.0 Å². The first-order chi connectivity index (χ1) is 12.2. The number of rotatable bonds is 4. The van der Waals surface area contributed by atoms with Gasteiger partial charge in [0.15, 0.2) is 6.61 Å². The SMILES string of the molecule is Cc1ccc2c(c1)N(CC(=O)Nc1ccc(S(N)(=O)=O)cc1)C(=O)CO2. The molecule has 0 bridgehead atoms. The molecule has 1 aliphatic rings. The van der Waals surface area contributed by atoms with Gasteiger partial charge in [0.2, 0.25) is 15.9 Å². The van der Waals surface area contributed by atoms with Crippen LogP contribution < -0.4 is 20.1 Å². The van der Waals surface area contributed by atoms with Gasteiger partial charge < -0.3 is 10.1 Å². The summed E-state index contributed by atoms with van der Waals surface area (Å²) in [6, 6.07) is 10.8. The van der Waals surface area contributed by atoms with Gasteiger partial charge in [0.05, 0.1) is 10.6 Å². The Hall–Kier alpha value is -2.91. The molecule has 0 aliphatic carbocycles. The number of ether oxygens (including phenoxy) is 1. The zero-order chi connectivity index (χ0) is 18.9. The van der Waals surface area contributed by atoms with E-state index in [4.69, 9.17) is 9.88 Å². The number of benzene rings is 2. The molecule has 0 radical (unpaired) electrons. The molecule has 0 spiro atoms. The van der Waals surface area contributed by atoms with Crippen molar-refractivity contribution in [2.24, 2.45) is 5.14 Å². The van der Waals surface area contributed by atoms with Crippen molar-refractivity contribution in [3.05, 3.63) is 48.0 Å². The Balaban J connectivity index is 1.74. The van der Waals surface area contributed by atoms with Gasteiger partial charge in [0, 0.05) is 5.69 Å². The molecule has 136 valence electrons. The van der Waals surface area contributed by atoms with Crippen molar-refractivity contribution in [1.29, 1.82) is 0 Å². The average molecular weight is 375 g/mol. The second-order valence-electron chi connectivity index (χ2n) is 5.86. The lowest BCUT2D eigenvalue weighted by atomic mass is 10.1. The summed E-state index contributed by atoms with van der Waals surface area (Å²) in [5.74, 6) is -0.195. The molecule has 0 unspecified atom stereocenters. The van der Waals surface area contributed by atoms with Gasteiger partial charge in [-0.3, -0.25) is 14.5 Å². The van der Waals surface area contributed by atoms with Crippen LogP contribution in [0.4, 0.5) is 11.4 Å². The van der Waals surface area contributed by atoms with Crippen LogP contribution in [0.5, 0.6) is 5.75 Å². The van der Waals surface area contributed by atoms with E-state index in [0.717, 1.165) is 5.56 Å². The fraction of sp³-hybridized carbons (Fsp3) is 0.176. The Labute approximate surface area is 150 Å². The number of carbonyl (C=O) groups excluding carboxylic acids is 2. The van der Waals surface area contributed by atoms with Crippen LogP contribution in [0, 0.1) is 6.92 Å². The molecular weight excluding hydrogens is 358 g/mol. The third-order valence-corrected chi connectivity index (χ3v) is 4.75. The summed E-state index contributed by atoms with van der Waals surface area (Å²) in [7, 11) is -3.80. The highest BCUT2D eigenvalue weighted by Crippen LogP contribution is 2.32. The van der Waals surface area contributed by atoms with E-state index in [9.17, 15) is 18.0 Å². The highest BCUT2D eigenvalue weighted by atomic mass is 32.2. The van der Waals surface area contributed by atoms with Gasteiger partial charge in [0.25, 0.3) is 5.91 Å². The first-order valence-corrected chi connectivity index (χ1v) is 9.25. The van der Waals surface area contributed by atoms with E-state index in [0.29, 0.717) is 17.1 Å². The number of hydrogen-bond acceptors (Lipinski definition) is 5. The van der Waals surface area contributed by atoms with Gasteiger partial charge in [-0.15, -0.1) is 0 Å². The number of hydrogen-bond donors (Lipinski definition) is 2. The molecule has 3 N–H and O–H groups in total. The summed E-state index contributed by atoms with van der Waals surface area (Å²) in [5.41, 5.74) is 1.87. The maximum Gasteiger partial charge on any atom is 0.265 e. The standard InChI is InChI=1S/C17H17N3O5S/c1-11-2-7-15-14(8-11)20(17(22)10-25-15)9-16(21)19-12-3-5-13(6-4-12)26(18,23)24/h2-8H,9-10H2,1H3,(H,19,21)(H2,18,23,24). The van der Waals surface area contributed by atoms with Gasteiger partial charge in [-0.2, -0.15) is 0 Å². The van der Waals surface area contributed by atoms with Crippen LogP contribution in [0.2, 0.25) is 0 Å². The molecule has 2 aromatic rings. The van der Waals surface area contributed by atoms with Crippen LogP contribution in [-0.2, 0) is 19.6 Å². The van der Waals surface area contributed by atoms with E-state index < -0.39 is 15.9 Å². The summed E-state index contributed by atoms with van der Waals surface area (Å²) in [6.45, 7) is 1.56. The number of primary sulfonamides is 1. The largest absolute Gasteiger partial charge is 0.482 e. The quantitative estimate of drug-likeness (QED) is 0.826. The number of aryl methyl sites for hydroxylation is 1. The molecule has 9 heteroatoms. The van der Waals surface area contributed by atoms with Gasteiger partial charge in [0.1, 0.15) is 12.3 Å². The number of fused-ring (bicyclic) bond motifs is 1. The van der Waals surface area contributed by atoms with Crippen LogP contribution in [0.1, 0.15) is 5.56 Å². The third kappa shape index (κ3) is 3.84. The molecule has 0 fully saturated rings. The first-order valence-electron chi connectivity index (χ1n) is 7.70. The monoisotopic (exact) mass is 375 g/mol. The Morgan fingerprint density at radius 1 is 1.23 bits per heavy atom. The molecule has 2 aromatic carbocycles. The Morgan fingerprint density at radius 2 is 1.92 bits per heavy atom. The molecule has 1 heterocycles. The van der Waals surface area contributed by atoms with Gasteiger partial charge in [-0.1, -0.05) is 6.07 Å². The summed E-state index contributed by atoms with van der Waals surface area (Å²) in [4.78, 5) is 25.8. The van der Waals surface area contributed by atoms with Crippen molar-refractivity contribution in [3.8, 4) is 5.75 Å². The number of nitrogens with two attached hydrogens (primary N) is 1. The molecule has 1 aliphatic heterocycles. The Morgan fingerprint density at radius 3 is 2.58 bits per heavy atom. The second kappa shape index (κ2) is 6.77. The number of nitrogens with zero attached hydrogens (tertiary/aromatic N) is 1. The number of anilines is 2. The van der Waals surface area contributed by atoms with Crippen molar-refractivity contribution in [2.75, 3.05) is 23.4 Å². The molecule has 26 heavy (non-hydrogen) atoms. The topological polar surface area (TPSA) is 119 Å². The van der Waals surface area contributed by atoms with Crippen molar-refractivity contribution in [2.45, 2.75) is 11.8 Å². The summed E-state index contributed by atoms with van der Waals surface area (Å²) >= 11 is 0. The number of sulfonamides is 1. The van der Waals surface area contributed by atoms with Gasteiger partial charge in [-0.05, 0) is 48.9 Å². The zero-order valence-electron chi connectivity index (χ0n) is 13.9. The maximum absolute atomic E-state index is 12.3. The molecular formula is C17H17N3O5S. The third-order valence-electron chi connectivity index (χ3n) is 3.83. The summed E-state index contributed by atoms with van der Waals surface area (Å²) in [5, 5.41) is 7.66. The van der Waals surface area contributed by atoms with Gasteiger partial charge >= 0.3 is 0 Å². The molecule has 3 rings (SSSR count). The minimum absolute atomic E-state index is 0.0525. The number of amides is 2. The van der Waals surface area contributed by atoms with Crippen LogP contribution in [0.25, 0.3) is 0 Å². The fourth-order valence-corrected chi connectivity index (χ4v) is 3.07. The molecule has 2 amide bonds. The van der Waals surface area contributed by atoms with E-state index in [2.05, 4.69) is 5.32 Å². The molecule has 0 aromatic heterocycles. The van der Waals surface area contributed by atoms with Crippen LogP contribution >= 0.6 is 0 Å². The average Bonchev–Trinajstić information content (AvgIpc) is 2.57. The number of carbonyl (C=O) groups is 2. The van der Waals surface area contributed by atoms with E-state index in [1.54, 1.807) is 12.1 Å². The second-order valence-corrected chi connectivity index (χ2v) is 7.42. The van der Waals surface area contributed by atoms with Crippen molar-refractivity contribution in [3.63, 3.8) is 0 Å².